The van der Waals surface area contributed by atoms with Gasteiger partial charge in [0.15, 0.2) is 6.04 Å². The zero-order chi connectivity index (χ0) is 16.7. The summed E-state index contributed by atoms with van der Waals surface area (Å²) in [6, 6.07) is 15.0. The van der Waals surface area contributed by atoms with Crippen LogP contribution in [0.5, 0.6) is 0 Å². The van der Waals surface area contributed by atoms with Gasteiger partial charge in [-0.1, -0.05) is 30.3 Å². The van der Waals surface area contributed by atoms with Gasteiger partial charge in [0.2, 0.25) is 0 Å². The molecule has 0 unspecified atom stereocenters. The molecule has 0 aliphatic heterocycles. The number of hydrogen-bond acceptors (Lipinski definition) is 2. The number of rotatable bonds is 7. The Morgan fingerprint density at radius 2 is 1.83 bits per heavy atom. The lowest BCUT2D eigenvalue weighted by molar-refractivity contribution is -0.713. The maximum atomic E-state index is 13.0. The number of carbonyl (C=O) groups excluding carboxylic acids is 1. The molecule has 0 saturated carbocycles. The normalized spacial score (nSPS) is 13.3. The van der Waals surface area contributed by atoms with E-state index in [4.69, 9.17) is 4.74 Å². The maximum Gasteiger partial charge on any atom is 0.287 e. The minimum atomic E-state index is -0.397. The van der Waals surface area contributed by atoms with Gasteiger partial charge in [0.05, 0.1) is 6.61 Å². The lowest BCUT2D eigenvalue weighted by atomic mass is 10.0. The van der Waals surface area contributed by atoms with Crippen molar-refractivity contribution in [1.29, 1.82) is 0 Å². The predicted molar refractivity (Wildman–Crippen MR) is 87.5 cm³/mol. The first kappa shape index (κ1) is 17.1. The van der Waals surface area contributed by atoms with Crippen molar-refractivity contribution < 1.29 is 19.2 Å². The van der Waals surface area contributed by atoms with E-state index < -0.39 is 6.04 Å². The molecule has 122 valence electrons. The summed E-state index contributed by atoms with van der Waals surface area (Å²) in [4.78, 5) is 12.7. The second kappa shape index (κ2) is 8.41. The lowest BCUT2D eigenvalue weighted by Gasteiger charge is -2.19. The molecule has 2 rings (SSSR count). The van der Waals surface area contributed by atoms with E-state index in [1.807, 2.05) is 42.6 Å². The predicted octanol–water partition coefficient (Wildman–Crippen LogP) is 2.10. The summed E-state index contributed by atoms with van der Waals surface area (Å²) < 4.78 is 18.1. The highest BCUT2D eigenvalue weighted by atomic mass is 19.1. The molecule has 0 radical (unpaired) electrons. The number of hydrogen-bond donors (Lipinski definition) is 2. The average Bonchev–Trinajstić information content (AvgIpc) is 2.56. The molecule has 1 amide bonds. The number of methoxy groups -OCH3 is 1. The molecule has 0 aromatic heterocycles. The van der Waals surface area contributed by atoms with Crippen LogP contribution in [0, 0.1) is 5.82 Å². The number of anilines is 1. The fourth-order valence-electron chi connectivity index (χ4n) is 2.41. The van der Waals surface area contributed by atoms with E-state index in [0.29, 0.717) is 12.3 Å². The number of benzene rings is 2. The zero-order valence-corrected chi connectivity index (χ0v) is 13.3. The van der Waals surface area contributed by atoms with Crippen LogP contribution in [0.1, 0.15) is 18.5 Å². The van der Waals surface area contributed by atoms with E-state index in [1.54, 1.807) is 19.2 Å². The third-order valence-corrected chi connectivity index (χ3v) is 3.50. The van der Waals surface area contributed by atoms with Crippen LogP contribution < -0.4 is 10.6 Å². The van der Waals surface area contributed by atoms with Crippen LogP contribution in [0.4, 0.5) is 10.1 Å². The SMILES string of the molecule is COC[C@H](C)[NH2+][C@H](C(=O)Nc1ccc(F)cc1)c1ccccc1. The quantitative estimate of drug-likeness (QED) is 0.822. The van der Waals surface area contributed by atoms with Crippen LogP contribution in [0.2, 0.25) is 0 Å². The topological polar surface area (TPSA) is 54.9 Å². The van der Waals surface area contributed by atoms with Crippen LogP contribution in [0.3, 0.4) is 0 Å². The Labute approximate surface area is 135 Å². The standard InChI is InChI=1S/C18H21FN2O2/c1-13(12-23-2)20-17(14-6-4-3-5-7-14)18(22)21-16-10-8-15(19)9-11-16/h3-11,13,17,20H,12H2,1-2H3,(H,21,22)/p+1/t13-,17-/m0/s1. The van der Waals surface area contributed by atoms with Crippen molar-refractivity contribution >= 4 is 11.6 Å². The Morgan fingerprint density at radius 3 is 2.43 bits per heavy atom. The molecule has 0 saturated heterocycles. The largest absolute Gasteiger partial charge is 0.379 e. The summed E-state index contributed by atoms with van der Waals surface area (Å²) in [5, 5.41) is 4.81. The Morgan fingerprint density at radius 1 is 1.17 bits per heavy atom. The first-order valence-corrected chi connectivity index (χ1v) is 7.55. The molecule has 2 aromatic rings. The molecule has 0 spiro atoms. The molecule has 2 atom stereocenters. The first-order chi connectivity index (χ1) is 11.1. The summed E-state index contributed by atoms with van der Waals surface area (Å²) in [5.41, 5.74) is 1.49. The molecule has 2 aromatic carbocycles. The van der Waals surface area contributed by atoms with Gasteiger partial charge >= 0.3 is 0 Å². The number of nitrogens with one attached hydrogen (secondary N) is 1. The highest BCUT2D eigenvalue weighted by Crippen LogP contribution is 2.14. The Bertz CT molecular complexity index is 617. The van der Waals surface area contributed by atoms with E-state index in [-0.39, 0.29) is 17.8 Å². The second-order valence-corrected chi connectivity index (χ2v) is 5.51. The Kier molecular flexibility index (Phi) is 6.26. The van der Waals surface area contributed by atoms with Crippen LogP contribution in [-0.2, 0) is 9.53 Å². The molecule has 0 bridgehead atoms. The van der Waals surface area contributed by atoms with Gasteiger partial charge < -0.3 is 15.4 Å². The number of quaternary nitrogens is 1. The molecule has 3 N–H and O–H groups in total. The van der Waals surface area contributed by atoms with Crippen molar-refractivity contribution in [2.75, 3.05) is 19.0 Å². The first-order valence-electron chi connectivity index (χ1n) is 7.55. The van der Waals surface area contributed by atoms with Gasteiger partial charge in [0, 0.05) is 18.4 Å². The molecule has 0 heterocycles. The van der Waals surface area contributed by atoms with E-state index >= 15 is 0 Å². The van der Waals surface area contributed by atoms with Crippen molar-refractivity contribution in [3.05, 3.63) is 66.0 Å². The fourth-order valence-corrected chi connectivity index (χ4v) is 2.41. The monoisotopic (exact) mass is 317 g/mol. The average molecular weight is 317 g/mol. The number of amides is 1. The summed E-state index contributed by atoms with van der Waals surface area (Å²) >= 11 is 0. The van der Waals surface area contributed by atoms with E-state index in [1.165, 1.54) is 12.1 Å². The van der Waals surface area contributed by atoms with Crippen molar-refractivity contribution in [3.8, 4) is 0 Å². The number of nitrogens with two attached hydrogens (primary N) is 1. The van der Waals surface area contributed by atoms with Crippen LogP contribution in [0.15, 0.2) is 54.6 Å². The van der Waals surface area contributed by atoms with Crippen molar-refractivity contribution in [2.24, 2.45) is 0 Å². The van der Waals surface area contributed by atoms with Gasteiger partial charge in [0.1, 0.15) is 11.9 Å². The number of carbonyl (C=O) groups is 1. The number of ether oxygens (including phenoxy) is 1. The van der Waals surface area contributed by atoms with Gasteiger partial charge in [-0.3, -0.25) is 4.79 Å². The highest BCUT2D eigenvalue weighted by Gasteiger charge is 2.26. The van der Waals surface area contributed by atoms with Crippen LogP contribution >= 0.6 is 0 Å². The maximum absolute atomic E-state index is 13.0. The third kappa shape index (κ3) is 5.16. The molecule has 0 aliphatic rings. The molecular weight excluding hydrogens is 295 g/mol. The van der Waals surface area contributed by atoms with Crippen molar-refractivity contribution in [1.82, 2.24) is 0 Å². The summed E-state index contributed by atoms with van der Waals surface area (Å²) in [6.07, 6.45) is 0. The minimum Gasteiger partial charge on any atom is -0.379 e. The lowest BCUT2D eigenvalue weighted by Crippen LogP contribution is -2.92. The Balaban J connectivity index is 2.15. The summed E-state index contributed by atoms with van der Waals surface area (Å²) in [5.74, 6) is -0.478. The zero-order valence-electron chi connectivity index (χ0n) is 13.3. The molecule has 5 heteroatoms. The van der Waals surface area contributed by atoms with Crippen LogP contribution in [0.25, 0.3) is 0 Å². The smallest absolute Gasteiger partial charge is 0.287 e. The minimum absolute atomic E-state index is 0.129. The number of halogens is 1. The van der Waals surface area contributed by atoms with E-state index in [2.05, 4.69) is 5.32 Å². The van der Waals surface area contributed by atoms with Gasteiger partial charge in [0.25, 0.3) is 5.91 Å². The molecule has 23 heavy (non-hydrogen) atoms. The molecule has 4 nitrogen and oxygen atoms in total. The van der Waals surface area contributed by atoms with Crippen molar-refractivity contribution in [2.45, 2.75) is 19.0 Å². The van der Waals surface area contributed by atoms with Crippen LogP contribution in [-0.4, -0.2) is 25.7 Å². The van der Waals surface area contributed by atoms with Gasteiger partial charge in [-0.25, -0.2) is 4.39 Å². The van der Waals surface area contributed by atoms with Gasteiger partial charge in [-0.2, -0.15) is 0 Å². The second-order valence-electron chi connectivity index (χ2n) is 5.51. The Hall–Kier alpha value is -2.24. The summed E-state index contributed by atoms with van der Waals surface area (Å²) in [7, 11) is 1.64. The fraction of sp³-hybridized carbons (Fsp3) is 0.278. The molecule has 0 aliphatic carbocycles. The van der Waals surface area contributed by atoms with E-state index in [9.17, 15) is 9.18 Å². The van der Waals surface area contributed by atoms with Crippen molar-refractivity contribution in [3.63, 3.8) is 0 Å². The molecular formula is C18H22FN2O2+. The van der Waals surface area contributed by atoms with E-state index in [0.717, 1.165) is 5.56 Å². The van der Waals surface area contributed by atoms with Gasteiger partial charge in [-0.15, -0.1) is 0 Å². The highest BCUT2D eigenvalue weighted by molar-refractivity contribution is 5.94. The third-order valence-electron chi connectivity index (χ3n) is 3.50. The summed E-state index contributed by atoms with van der Waals surface area (Å²) in [6.45, 7) is 2.55. The molecule has 0 fully saturated rings. The van der Waals surface area contributed by atoms with Gasteiger partial charge in [-0.05, 0) is 31.2 Å².